The maximum Gasteiger partial charge on any atom is 0.268 e. The zero-order valence-electron chi connectivity index (χ0n) is 12.1. The third-order valence-corrected chi connectivity index (χ3v) is 4.11. The van der Waals surface area contributed by atoms with Gasteiger partial charge in [0.2, 0.25) is 0 Å². The first kappa shape index (κ1) is 16.9. The molecule has 0 spiro atoms. The van der Waals surface area contributed by atoms with Gasteiger partial charge in [0.25, 0.3) is 5.91 Å². The van der Waals surface area contributed by atoms with E-state index in [-0.39, 0.29) is 24.4 Å². The number of nitrogens with zero attached hydrogens (tertiary/aromatic N) is 1. The molecule has 0 saturated carbocycles. The van der Waals surface area contributed by atoms with Gasteiger partial charge in [-0.25, -0.2) is 0 Å². The fraction of sp³-hybridized carbons (Fsp3) is 0.312. The lowest BCUT2D eigenvalue weighted by Gasteiger charge is -2.26. The topological polar surface area (TPSA) is 60.0 Å². The number of benzene rings is 1. The maximum absolute atomic E-state index is 12.0. The minimum absolute atomic E-state index is 0. The molecule has 0 saturated heterocycles. The first-order valence-electron chi connectivity index (χ1n) is 7.15. The smallest absolute Gasteiger partial charge is 0.268 e. The highest BCUT2D eigenvalue weighted by Gasteiger charge is 2.25. The first-order valence-corrected chi connectivity index (χ1v) is 7.53. The summed E-state index contributed by atoms with van der Waals surface area (Å²) in [6, 6.07) is 9.87. The average Bonchev–Trinajstić information content (AvgIpc) is 2.93. The van der Waals surface area contributed by atoms with Crippen molar-refractivity contribution in [3.63, 3.8) is 0 Å². The Morgan fingerprint density at radius 2 is 2.14 bits per heavy atom. The maximum atomic E-state index is 12.0. The Hall–Kier alpha value is -1.49. The van der Waals surface area contributed by atoms with Crippen molar-refractivity contribution < 1.29 is 4.79 Å². The number of amides is 1. The quantitative estimate of drug-likeness (QED) is 0.898. The van der Waals surface area contributed by atoms with Crippen LogP contribution < -0.4 is 11.1 Å². The van der Waals surface area contributed by atoms with Gasteiger partial charge in [-0.1, -0.05) is 23.7 Å². The zero-order chi connectivity index (χ0) is 14.8. The summed E-state index contributed by atoms with van der Waals surface area (Å²) in [7, 11) is 0. The summed E-state index contributed by atoms with van der Waals surface area (Å²) in [5, 5.41) is 3.64. The SMILES string of the molecule is Cl.NCCC[C@H]1CNC(=O)c2cc(-c3cccc(Cl)c3)cn21. The van der Waals surface area contributed by atoms with Gasteiger partial charge in [0.1, 0.15) is 5.69 Å². The molecule has 0 fully saturated rings. The number of nitrogens with one attached hydrogen (secondary N) is 1. The number of fused-ring (bicyclic) bond motifs is 1. The monoisotopic (exact) mass is 339 g/mol. The van der Waals surface area contributed by atoms with Gasteiger partial charge in [-0.15, -0.1) is 12.4 Å². The molecule has 0 radical (unpaired) electrons. The molecule has 3 N–H and O–H groups in total. The van der Waals surface area contributed by atoms with E-state index in [1.165, 1.54) is 0 Å². The number of aromatic nitrogens is 1. The van der Waals surface area contributed by atoms with E-state index >= 15 is 0 Å². The number of carbonyl (C=O) groups excluding carboxylic acids is 1. The zero-order valence-corrected chi connectivity index (χ0v) is 13.7. The van der Waals surface area contributed by atoms with Gasteiger partial charge in [0, 0.05) is 23.3 Å². The summed E-state index contributed by atoms with van der Waals surface area (Å²) in [4.78, 5) is 12.0. The molecular weight excluding hydrogens is 321 g/mol. The van der Waals surface area contributed by atoms with Crippen molar-refractivity contribution in [3.05, 3.63) is 47.2 Å². The lowest BCUT2D eigenvalue weighted by atomic mass is 10.1. The van der Waals surface area contributed by atoms with Crippen LogP contribution in [-0.4, -0.2) is 23.6 Å². The van der Waals surface area contributed by atoms with Crippen LogP contribution in [0, 0.1) is 0 Å². The second kappa shape index (κ2) is 7.18. The van der Waals surface area contributed by atoms with Crippen LogP contribution in [0.2, 0.25) is 5.02 Å². The molecule has 4 nitrogen and oxygen atoms in total. The van der Waals surface area contributed by atoms with Crippen LogP contribution in [0.25, 0.3) is 11.1 Å². The molecule has 1 amide bonds. The predicted molar refractivity (Wildman–Crippen MR) is 91.8 cm³/mol. The Morgan fingerprint density at radius 1 is 1.32 bits per heavy atom. The number of halogens is 2. The number of rotatable bonds is 4. The van der Waals surface area contributed by atoms with E-state index < -0.39 is 0 Å². The summed E-state index contributed by atoms with van der Waals surface area (Å²) in [6.45, 7) is 1.33. The van der Waals surface area contributed by atoms with Crippen molar-refractivity contribution in [2.75, 3.05) is 13.1 Å². The lowest BCUT2D eigenvalue weighted by molar-refractivity contribution is 0.0913. The standard InChI is InChI=1S/C16H18ClN3O.ClH/c17-13-4-1-3-11(7-13)12-8-15-16(21)19-9-14(5-2-6-18)20(15)10-12;/h1,3-4,7-8,10,14H,2,5-6,9,18H2,(H,19,21);1H/t14-;/m0./s1. The fourth-order valence-corrected chi connectivity index (χ4v) is 2.97. The van der Waals surface area contributed by atoms with Crippen molar-refractivity contribution in [2.24, 2.45) is 5.73 Å². The van der Waals surface area contributed by atoms with E-state index in [0.717, 1.165) is 24.0 Å². The van der Waals surface area contributed by atoms with Gasteiger partial charge in [-0.3, -0.25) is 4.79 Å². The van der Waals surface area contributed by atoms with Crippen molar-refractivity contribution in [3.8, 4) is 11.1 Å². The third kappa shape index (κ3) is 3.29. The van der Waals surface area contributed by atoms with E-state index in [0.29, 0.717) is 23.8 Å². The molecule has 6 heteroatoms. The molecule has 1 aliphatic heterocycles. The molecule has 2 heterocycles. The summed E-state index contributed by atoms with van der Waals surface area (Å²) < 4.78 is 2.07. The minimum Gasteiger partial charge on any atom is -0.349 e. The van der Waals surface area contributed by atoms with Crippen LogP contribution >= 0.6 is 24.0 Å². The van der Waals surface area contributed by atoms with Crippen molar-refractivity contribution >= 4 is 29.9 Å². The highest BCUT2D eigenvalue weighted by atomic mass is 35.5. The normalized spacial score (nSPS) is 16.6. The first-order chi connectivity index (χ1) is 10.2. The molecule has 0 unspecified atom stereocenters. The Morgan fingerprint density at radius 3 is 2.86 bits per heavy atom. The van der Waals surface area contributed by atoms with Crippen molar-refractivity contribution in [1.29, 1.82) is 0 Å². The predicted octanol–water partition coefficient (Wildman–Crippen LogP) is 3.25. The van der Waals surface area contributed by atoms with Crippen molar-refractivity contribution in [1.82, 2.24) is 9.88 Å². The largest absolute Gasteiger partial charge is 0.349 e. The summed E-state index contributed by atoms with van der Waals surface area (Å²) in [5.74, 6) is -0.0210. The van der Waals surface area contributed by atoms with Crippen LogP contribution in [-0.2, 0) is 0 Å². The van der Waals surface area contributed by atoms with Crippen LogP contribution in [0.15, 0.2) is 36.5 Å². The van der Waals surface area contributed by atoms with E-state index in [4.69, 9.17) is 17.3 Å². The van der Waals surface area contributed by atoms with Gasteiger partial charge in [0.15, 0.2) is 0 Å². The summed E-state index contributed by atoms with van der Waals surface area (Å²) in [5.41, 5.74) is 8.34. The van der Waals surface area contributed by atoms with Crippen LogP contribution in [0.1, 0.15) is 29.4 Å². The molecule has 0 aliphatic carbocycles. The third-order valence-electron chi connectivity index (χ3n) is 3.87. The Kier molecular flexibility index (Phi) is 5.51. The Bertz CT molecular complexity index is 669. The Balaban J connectivity index is 0.00000176. The number of hydrogen-bond acceptors (Lipinski definition) is 2. The highest BCUT2D eigenvalue weighted by Crippen LogP contribution is 2.29. The molecule has 1 aliphatic rings. The van der Waals surface area contributed by atoms with E-state index in [9.17, 15) is 4.79 Å². The van der Waals surface area contributed by atoms with Crippen LogP contribution in [0.3, 0.4) is 0 Å². The second-order valence-electron chi connectivity index (χ2n) is 5.33. The van der Waals surface area contributed by atoms with Gasteiger partial charge in [-0.05, 0) is 43.1 Å². The molecular formula is C16H19Cl2N3O. The lowest BCUT2D eigenvalue weighted by Crippen LogP contribution is -2.38. The van der Waals surface area contributed by atoms with Crippen LogP contribution in [0.4, 0.5) is 0 Å². The van der Waals surface area contributed by atoms with Crippen molar-refractivity contribution in [2.45, 2.75) is 18.9 Å². The average molecular weight is 340 g/mol. The van der Waals surface area contributed by atoms with Gasteiger partial charge in [-0.2, -0.15) is 0 Å². The Labute approximate surface area is 141 Å². The van der Waals surface area contributed by atoms with E-state index in [1.54, 1.807) is 0 Å². The number of hydrogen-bond donors (Lipinski definition) is 2. The molecule has 1 aromatic heterocycles. The number of carbonyl (C=O) groups is 1. The fourth-order valence-electron chi connectivity index (χ4n) is 2.78. The molecule has 118 valence electrons. The molecule has 1 aromatic carbocycles. The van der Waals surface area contributed by atoms with E-state index in [1.807, 2.05) is 36.5 Å². The second-order valence-corrected chi connectivity index (χ2v) is 5.76. The van der Waals surface area contributed by atoms with Gasteiger partial charge in [0.05, 0.1) is 6.04 Å². The molecule has 0 bridgehead atoms. The highest BCUT2D eigenvalue weighted by molar-refractivity contribution is 6.30. The molecule has 1 atom stereocenters. The molecule has 22 heavy (non-hydrogen) atoms. The summed E-state index contributed by atoms with van der Waals surface area (Å²) in [6.07, 6.45) is 3.96. The summed E-state index contributed by atoms with van der Waals surface area (Å²) >= 11 is 6.05. The molecule has 3 rings (SSSR count). The van der Waals surface area contributed by atoms with Gasteiger partial charge >= 0.3 is 0 Å². The van der Waals surface area contributed by atoms with E-state index in [2.05, 4.69) is 9.88 Å². The van der Waals surface area contributed by atoms with Gasteiger partial charge < -0.3 is 15.6 Å². The van der Waals surface area contributed by atoms with Crippen LogP contribution in [0.5, 0.6) is 0 Å². The molecule has 2 aromatic rings. The number of nitrogens with two attached hydrogens (primary N) is 1. The minimum atomic E-state index is -0.0210.